The van der Waals surface area contributed by atoms with Crippen molar-refractivity contribution in [2.45, 2.75) is 45.2 Å². The number of likely N-dealkylation sites (N-methyl/N-ethyl adjacent to an activating group) is 1. The van der Waals surface area contributed by atoms with Crippen LogP contribution in [0.4, 0.5) is 0 Å². The van der Waals surface area contributed by atoms with Gasteiger partial charge in [0.2, 0.25) is 0 Å². The number of hydrogen-bond acceptors (Lipinski definition) is 4. The molecule has 0 bridgehead atoms. The van der Waals surface area contributed by atoms with Crippen molar-refractivity contribution < 1.29 is 0 Å². The second kappa shape index (κ2) is 8.32. The SMILES string of the molecule is CC(C)C(CNCC1CCCCN1)N1CCN(C)CC1. The van der Waals surface area contributed by atoms with Gasteiger partial charge < -0.3 is 15.5 Å². The summed E-state index contributed by atoms with van der Waals surface area (Å²) in [5.74, 6) is 0.727. The van der Waals surface area contributed by atoms with Gasteiger partial charge in [0.05, 0.1) is 0 Å². The van der Waals surface area contributed by atoms with E-state index in [0.717, 1.165) is 19.0 Å². The van der Waals surface area contributed by atoms with Crippen molar-refractivity contribution >= 4 is 0 Å². The fraction of sp³-hybridized carbons (Fsp3) is 1.00. The molecule has 2 saturated heterocycles. The molecule has 4 nitrogen and oxygen atoms in total. The third-order valence-electron chi connectivity index (χ3n) is 4.93. The topological polar surface area (TPSA) is 30.5 Å². The summed E-state index contributed by atoms with van der Waals surface area (Å²) in [6.45, 7) is 13.1. The summed E-state index contributed by atoms with van der Waals surface area (Å²) in [4.78, 5) is 5.12. The van der Waals surface area contributed by atoms with Crippen LogP contribution >= 0.6 is 0 Å². The molecule has 0 saturated carbocycles. The fourth-order valence-electron chi connectivity index (χ4n) is 3.44. The van der Waals surface area contributed by atoms with Crippen molar-refractivity contribution in [3.8, 4) is 0 Å². The van der Waals surface area contributed by atoms with Crippen molar-refractivity contribution in [1.29, 1.82) is 0 Å². The second-order valence-corrected chi connectivity index (χ2v) is 6.96. The van der Waals surface area contributed by atoms with Gasteiger partial charge in [-0.15, -0.1) is 0 Å². The van der Waals surface area contributed by atoms with Crippen molar-refractivity contribution in [1.82, 2.24) is 20.4 Å². The summed E-state index contributed by atoms with van der Waals surface area (Å²) in [7, 11) is 2.23. The maximum absolute atomic E-state index is 3.73. The molecular weight excluding hydrogens is 248 g/mol. The highest BCUT2D eigenvalue weighted by Crippen LogP contribution is 2.13. The minimum Gasteiger partial charge on any atom is -0.314 e. The smallest absolute Gasteiger partial charge is 0.0244 e. The molecule has 2 atom stereocenters. The summed E-state index contributed by atoms with van der Waals surface area (Å²) in [6, 6.07) is 1.39. The Hall–Kier alpha value is -0.160. The van der Waals surface area contributed by atoms with Gasteiger partial charge in [-0.05, 0) is 32.4 Å². The molecule has 2 N–H and O–H groups in total. The quantitative estimate of drug-likeness (QED) is 0.761. The normalized spacial score (nSPS) is 27.9. The van der Waals surface area contributed by atoms with E-state index < -0.39 is 0 Å². The first-order chi connectivity index (χ1) is 9.66. The largest absolute Gasteiger partial charge is 0.314 e. The van der Waals surface area contributed by atoms with E-state index in [2.05, 4.69) is 41.3 Å². The van der Waals surface area contributed by atoms with Crippen LogP contribution in [0, 0.1) is 5.92 Å². The summed E-state index contributed by atoms with van der Waals surface area (Å²) in [6.07, 6.45) is 4.09. The Morgan fingerprint density at radius 3 is 2.50 bits per heavy atom. The van der Waals surface area contributed by atoms with Crippen molar-refractivity contribution in [3.05, 3.63) is 0 Å². The first-order valence-electron chi connectivity index (χ1n) is 8.53. The van der Waals surface area contributed by atoms with Gasteiger partial charge in [-0.3, -0.25) is 4.90 Å². The second-order valence-electron chi connectivity index (χ2n) is 6.96. The monoisotopic (exact) mass is 282 g/mol. The molecule has 4 heteroatoms. The highest BCUT2D eigenvalue weighted by Gasteiger charge is 2.24. The standard InChI is InChI=1S/C16H34N4/c1-14(2)16(20-10-8-19(3)9-11-20)13-17-12-15-6-4-5-7-18-15/h14-18H,4-13H2,1-3H3. The number of piperidine rings is 1. The van der Waals surface area contributed by atoms with E-state index in [1.165, 1.54) is 52.0 Å². The molecule has 20 heavy (non-hydrogen) atoms. The molecule has 0 aromatic rings. The summed E-state index contributed by atoms with van der Waals surface area (Å²) in [5, 5.41) is 7.35. The molecule has 0 spiro atoms. The zero-order chi connectivity index (χ0) is 14.4. The molecule has 0 aromatic heterocycles. The molecule has 118 valence electrons. The lowest BCUT2D eigenvalue weighted by Crippen LogP contribution is -2.54. The van der Waals surface area contributed by atoms with E-state index in [4.69, 9.17) is 0 Å². The van der Waals surface area contributed by atoms with Gasteiger partial charge in [0.15, 0.2) is 0 Å². The molecule has 0 amide bonds. The predicted molar refractivity (Wildman–Crippen MR) is 86.2 cm³/mol. The molecule has 2 aliphatic heterocycles. The molecule has 2 unspecified atom stereocenters. The van der Waals surface area contributed by atoms with E-state index in [9.17, 15) is 0 Å². The van der Waals surface area contributed by atoms with Gasteiger partial charge in [-0.25, -0.2) is 0 Å². The van der Waals surface area contributed by atoms with Crippen LogP contribution in [0.15, 0.2) is 0 Å². The summed E-state index contributed by atoms with van der Waals surface area (Å²) in [5.41, 5.74) is 0. The van der Waals surface area contributed by atoms with Crippen LogP contribution in [0.2, 0.25) is 0 Å². The maximum Gasteiger partial charge on any atom is 0.0244 e. The van der Waals surface area contributed by atoms with Crippen LogP contribution in [-0.2, 0) is 0 Å². The van der Waals surface area contributed by atoms with E-state index >= 15 is 0 Å². The Morgan fingerprint density at radius 1 is 1.15 bits per heavy atom. The Labute approximate surface area is 125 Å². The van der Waals surface area contributed by atoms with Crippen LogP contribution < -0.4 is 10.6 Å². The molecular formula is C16H34N4. The highest BCUT2D eigenvalue weighted by molar-refractivity contribution is 4.83. The number of nitrogens with one attached hydrogen (secondary N) is 2. The van der Waals surface area contributed by atoms with Gasteiger partial charge >= 0.3 is 0 Å². The summed E-state index contributed by atoms with van der Waals surface area (Å²) >= 11 is 0. The molecule has 2 rings (SSSR count). The number of nitrogens with zero attached hydrogens (tertiary/aromatic N) is 2. The molecule has 0 aliphatic carbocycles. The zero-order valence-corrected chi connectivity index (χ0v) is 13.7. The first kappa shape index (κ1) is 16.2. The van der Waals surface area contributed by atoms with Gasteiger partial charge in [-0.2, -0.15) is 0 Å². The van der Waals surface area contributed by atoms with Gasteiger partial charge in [-0.1, -0.05) is 20.3 Å². The van der Waals surface area contributed by atoms with Crippen molar-refractivity contribution in [2.75, 3.05) is 52.9 Å². The predicted octanol–water partition coefficient (Wildman–Crippen LogP) is 0.990. The Kier molecular flexibility index (Phi) is 6.75. The van der Waals surface area contributed by atoms with Crippen LogP contribution in [0.25, 0.3) is 0 Å². The third kappa shape index (κ3) is 4.99. The van der Waals surface area contributed by atoms with E-state index in [0.29, 0.717) is 12.1 Å². The first-order valence-corrected chi connectivity index (χ1v) is 8.53. The Balaban J connectivity index is 1.71. The van der Waals surface area contributed by atoms with Crippen molar-refractivity contribution in [2.24, 2.45) is 5.92 Å². The van der Waals surface area contributed by atoms with Crippen LogP contribution in [0.3, 0.4) is 0 Å². The molecule has 0 radical (unpaired) electrons. The lowest BCUT2D eigenvalue weighted by molar-refractivity contribution is 0.0872. The van der Waals surface area contributed by atoms with E-state index in [1.54, 1.807) is 0 Å². The third-order valence-corrected chi connectivity index (χ3v) is 4.93. The number of rotatable bonds is 6. The summed E-state index contributed by atoms with van der Waals surface area (Å²) < 4.78 is 0. The lowest BCUT2D eigenvalue weighted by atomic mass is 10.0. The number of piperazine rings is 1. The van der Waals surface area contributed by atoms with Gasteiger partial charge in [0.1, 0.15) is 0 Å². The molecule has 0 aromatic carbocycles. The van der Waals surface area contributed by atoms with Gasteiger partial charge in [0, 0.05) is 51.4 Å². The zero-order valence-electron chi connectivity index (χ0n) is 13.7. The average molecular weight is 282 g/mol. The minimum atomic E-state index is 0.687. The molecule has 2 aliphatic rings. The van der Waals surface area contributed by atoms with Crippen LogP contribution in [0.5, 0.6) is 0 Å². The maximum atomic E-state index is 3.73. The minimum absolute atomic E-state index is 0.687. The Morgan fingerprint density at radius 2 is 1.90 bits per heavy atom. The van der Waals surface area contributed by atoms with Crippen LogP contribution in [0.1, 0.15) is 33.1 Å². The average Bonchev–Trinajstić information content (AvgIpc) is 2.46. The van der Waals surface area contributed by atoms with Gasteiger partial charge in [0.25, 0.3) is 0 Å². The Bertz CT molecular complexity index is 255. The van der Waals surface area contributed by atoms with E-state index in [1.807, 2.05) is 0 Å². The lowest BCUT2D eigenvalue weighted by Gasteiger charge is -2.40. The van der Waals surface area contributed by atoms with E-state index in [-0.39, 0.29) is 0 Å². The molecule has 2 fully saturated rings. The van der Waals surface area contributed by atoms with Crippen molar-refractivity contribution in [3.63, 3.8) is 0 Å². The number of hydrogen-bond donors (Lipinski definition) is 2. The molecule has 2 heterocycles. The fourth-order valence-corrected chi connectivity index (χ4v) is 3.44. The van der Waals surface area contributed by atoms with Crippen LogP contribution in [-0.4, -0.2) is 74.7 Å². The highest BCUT2D eigenvalue weighted by atomic mass is 15.3.